The summed E-state index contributed by atoms with van der Waals surface area (Å²) >= 11 is 0. The number of carbonyl (C=O) groups is 2. The molecular weight excluding hydrogens is 475 g/mol. The van der Waals surface area contributed by atoms with Crippen LogP contribution in [0.25, 0.3) is 0 Å². The molecule has 1 aromatic carbocycles. The standard InChI is InChI=1S/C24H27FN4.C4H4O4/c25-23-15-21(5-4-17(23)16-26)28-7-9-29(10-8-28)22-13-18-11-20(12-19(18)14-22)24-3-1-2-6-27-24;5-3(6)1-2-4(7)8/h1-6,15,18-20,22H,7-14H2;1-2H,(H,5,6)(H,7,8)/b;2-1+. The molecule has 0 spiro atoms. The molecular formula is C28H31FN4O4. The van der Waals surface area contributed by atoms with E-state index < -0.39 is 17.8 Å². The van der Waals surface area contributed by atoms with Gasteiger partial charge in [0.1, 0.15) is 11.9 Å². The highest BCUT2D eigenvalue weighted by molar-refractivity contribution is 5.89. The smallest absolute Gasteiger partial charge is 0.328 e. The Morgan fingerprint density at radius 3 is 2.14 bits per heavy atom. The summed E-state index contributed by atoms with van der Waals surface area (Å²) in [6.45, 7) is 3.92. The molecule has 5 rings (SSSR count). The van der Waals surface area contributed by atoms with Crippen molar-refractivity contribution in [2.75, 3.05) is 31.1 Å². The van der Waals surface area contributed by atoms with E-state index in [0.29, 0.717) is 24.1 Å². The third kappa shape index (κ3) is 6.71. The third-order valence-corrected chi connectivity index (χ3v) is 7.73. The van der Waals surface area contributed by atoms with Crippen LogP contribution in [-0.2, 0) is 9.59 Å². The molecule has 0 bridgehead atoms. The molecule has 0 amide bonds. The van der Waals surface area contributed by atoms with E-state index in [-0.39, 0.29) is 5.56 Å². The minimum Gasteiger partial charge on any atom is -0.478 e. The number of anilines is 1. The summed E-state index contributed by atoms with van der Waals surface area (Å²) in [7, 11) is 0. The van der Waals surface area contributed by atoms with Crippen LogP contribution in [0.15, 0.2) is 54.7 Å². The van der Waals surface area contributed by atoms with Crippen molar-refractivity contribution in [2.24, 2.45) is 11.8 Å². The Kier molecular flexibility index (Phi) is 8.51. The van der Waals surface area contributed by atoms with Gasteiger partial charge < -0.3 is 15.1 Å². The first-order chi connectivity index (χ1) is 17.8. The molecule has 8 nitrogen and oxygen atoms in total. The summed E-state index contributed by atoms with van der Waals surface area (Å²) in [6.07, 6.45) is 8.26. The van der Waals surface area contributed by atoms with Gasteiger partial charge in [0.2, 0.25) is 0 Å². The highest BCUT2D eigenvalue weighted by atomic mass is 19.1. The first-order valence-electron chi connectivity index (χ1n) is 12.6. The number of hydrogen-bond acceptors (Lipinski definition) is 6. The molecule has 3 fully saturated rings. The van der Waals surface area contributed by atoms with Crippen LogP contribution in [-0.4, -0.2) is 64.3 Å². The van der Waals surface area contributed by atoms with Gasteiger partial charge in [0.05, 0.1) is 5.56 Å². The second kappa shape index (κ2) is 12.0. The summed E-state index contributed by atoms with van der Waals surface area (Å²) in [6, 6.07) is 13.9. The van der Waals surface area contributed by atoms with Gasteiger partial charge in [0.15, 0.2) is 0 Å². The maximum Gasteiger partial charge on any atom is 0.328 e. The lowest BCUT2D eigenvalue weighted by atomic mass is 9.97. The SMILES string of the molecule is N#Cc1ccc(N2CCN(C3CC4CC(c5ccccn5)CC4C3)CC2)cc1F.O=C(O)/C=C/C(=O)O. The zero-order chi connectivity index (χ0) is 26.4. The normalized spacial score (nSPS) is 25.2. The van der Waals surface area contributed by atoms with E-state index in [1.807, 2.05) is 24.4 Å². The molecule has 37 heavy (non-hydrogen) atoms. The fraction of sp³-hybridized carbons (Fsp3) is 0.429. The van der Waals surface area contributed by atoms with E-state index in [9.17, 15) is 14.0 Å². The number of pyridine rings is 1. The van der Waals surface area contributed by atoms with Gasteiger partial charge >= 0.3 is 11.9 Å². The van der Waals surface area contributed by atoms with E-state index in [4.69, 9.17) is 15.5 Å². The van der Waals surface area contributed by atoms with Gasteiger partial charge in [-0.2, -0.15) is 5.26 Å². The summed E-state index contributed by atoms with van der Waals surface area (Å²) in [5.41, 5.74) is 2.29. The number of nitriles is 1. The molecule has 2 heterocycles. The molecule has 1 saturated heterocycles. The maximum absolute atomic E-state index is 13.9. The van der Waals surface area contributed by atoms with Crippen molar-refractivity contribution in [1.29, 1.82) is 5.26 Å². The molecule has 2 saturated carbocycles. The predicted molar refractivity (Wildman–Crippen MR) is 136 cm³/mol. The summed E-state index contributed by atoms with van der Waals surface area (Å²) in [4.78, 5) is 28.6. The fourth-order valence-corrected chi connectivity index (χ4v) is 6.02. The molecule has 3 aliphatic rings. The van der Waals surface area contributed by atoms with Crippen LogP contribution in [0.1, 0.15) is 42.9 Å². The van der Waals surface area contributed by atoms with Gasteiger partial charge in [-0.3, -0.25) is 9.88 Å². The molecule has 9 heteroatoms. The lowest BCUT2D eigenvalue weighted by molar-refractivity contribution is -0.134. The van der Waals surface area contributed by atoms with Crippen LogP contribution in [0.4, 0.5) is 10.1 Å². The molecule has 2 aromatic rings. The second-order valence-electron chi connectivity index (χ2n) is 9.88. The average Bonchev–Trinajstić information content (AvgIpc) is 3.48. The van der Waals surface area contributed by atoms with Gasteiger partial charge in [-0.25, -0.2) is 14.0 Å². The van der Waals surface area contributed by atoms with Crippen LogP contribution >= 0.6 is 0 Å². The molecule has 2 aliphatic carbocycles. The highest BCUT2D eigenvalue weighted by Crippen LogP contribution is 2.51. The number of carboxylic acids is 2. The van der Waals surface area contributed by atoms with Crippen molar-refractivity contribution in [3.05, 3.63) is 71.8 Å². The number of rotatable bonds is 5. The topological polar surface area (TPSA) is 118 Å². The molecule has 2 unspecified atom stereocenters. The number of aliphatic carboxylic acids is 2. The lowest BCUT2D eigenvalue weighted by Crippen LogP contribution is -2.50. The van der Waals surface area contributed by atoms with E-state index >= 15 is 0 Å². The Labute approximate surface area is 215 Å². The van der Waals surface area contributed by atoms with Crippen LogP contribution < -0.4 is 4.90 Å². The number of carboxylic acid groups (broad SMARTS) is 2. The van der Waals surface area contributed by atoms with Crippen LogP contribution in [0.2, 0.25) is 0 Å². The number of aromatic nitrogens is 1. The molecule has 2 N–H and O–H groups in total. The van der Waals surface area contributed by atoms with Gasteiger partial charge in [-0.05, 0) is 67.9 Å². The number of piperazine rings is 1. The van der Waals surface area contributed by atoms with Crippen molar-refractivity contribution >= 4 is 17.6 Å². The van der Waals surface area contributed by atoms with Crippen LogP contribution in [0.3, 0.4) is 0 Å². The average molecular weight is 507 g/mol. The summed E-state index contributed by atoms with van der Waals surface area (Å²) < 4.78 is 13.9. The molecule has 0 radical (unpaired) electrons. The van der Waals surface area contributed by atoms with Gasteiger partial charge in [-0.15, -0.1) is 0 Å². The van der Waals surface area contributed by atoms with Gasteiger partial charge in [0, 0.05) is 67.9 Å². The van der Waals surface area contributed by atoms with Crippen molar-refractivity contribution in [1.82, 2.24) is 9.88 Å². The lowest BCUT2D eigenvalue weighted by Gasteiger charge is -2.39. The maximum atomic E-state index is 13.9. The third-order valence-electron chi connectivity index (χ3n) is 7.73. The van der Waals surface area contributed by atoms with E-state index in [1.165, 1.54) is 37.4 Å². The minimum atomic E-state index is -1.26. The highest BCUT2D eigenvalue weighted by Gasteiger charge is 2.44. The quantitative estimate of drug-likeness (QED) is 0.587. The van der Waals surface area contributed by atoms with Crippen LogP contribution in [0, 0.1) is 29.0 Å². The molecule has 2 atom stereocenters. The summed E-state index contributed by atoms with van der Waals surface area (Å²) in [5.74, 6) is -0.594. The first-order valence-corrected chi connectivity index (χ1v) is 12.6. The Hall–Kier alpha value is -3.77. The Morgan fingerprint density at radius 2 is 1.62 bits per heavy atom. The van der Waals surface area contributed by atoms with Crippen LogP contribution in [0.5, 0.6) is 0 Å². The summed E-state index contributed by atoms with van der Waals surface area (Å²) in [5, 5.41) is 24.5. The molecule has 194 valence electrons. The number of benzene rings is 1. The van der Waals surface area contributed by atoms with Crippen molar-refractivity contribution in [3.63, 3.8) is 0 Å². The second-order valence-corrected chi connectivity index (χ2v) is 9.88. The number of halogens is 1. The van der Waals surface area contributed by atoms with Gasteiger partial charge in [-0.1, -0.05) is 6.07 Å². The number of hydrogen-bond donors (Lipinski definition) is 2. The molecule has 1 aromatic heterocycles. The van der Waals surface area contributed by atoms with Gasteiger partial charge in [0.25, 0.3) is 0 Å². The predicted octanol–water partition coefficient (Wildman–Crippen LogP) is 3.90. The van der Waals surface area contributed by atoms with Crippen molar-refractivity contribution in [2.45, 2.75) is 37.6 Å². The fourth-order valence-electron chi connectivity index (χ4n) is 6.02. The Morgan fingerprint density at radius 1 is 0.973 bits per heavy atom. The van der Waals surface area contributed by atoms with Crippen molar-refractivity contribution < 1.29 is 24.2 Å². The zero-order valence-electron chi connectivity index (χ0n) is 20.5. The first kappa shape index (κ1) is 26.3. The Bertz CT molecular complexity index is 1140. The zero-order valence-corrected chi connectivity index (χ0v) is 20.5. The van der Waals surface area contributed by atoms with Crippen molar-refractivity contribution in [3.8, 4) is 6.07 Å². The molecule has 1 aliphatic heterocycles. The Balaban J connectivity index is 0.000000349. The van der Waals surface area contributed by atoms with E-state index in [0.717, 1.165) is 43.7 Å². The number of nitrogens with zero attached hydrogens (tertiary/aromatic N) is 4. The minimum absolute atomic E-state index is 0.119. The van der Waals surface area contributed by atoms with E-state index in [1.54, 1.807) is 6.07 Å². The number of fused-ring (bicyclic) bond motifs is 1. The largest absolute Gasteiger partial charge is 0.478 e. The monoisotopic (exact) mass is 506 g/mol. The van der Waals surface area contributed by atoms with E-state index in [2.05, 4.69) is 26.9 Å².